The first kappa shape index (κ1) is 17.2. The fraction of sp³-hybridized carbons (Fsp3) is 0.333. The highest BCUT2D eigenvalue weighted by molar-refractivity contribution is 6.31. The lowest BCUT2D eigenvalue weighted by molar-refractivity contribution is -0.0162. The minimum absolute atomic E-state index is 0.0463. The fourth-order valence-corrected chi connectivity index (χ4v) is 3.53. The maximum Gasteiger partial charge on any atom is 0.165 e. The molecule has 3 aromatic heterocycles. The number of hydrogen-bond donors (Lipinski definition) is 4. The Hall–Kier alpha value is -2.22. The number of nitrogens with zero attached hydrogens (tertiary/aromatic N) is 2. The molecule has 3 atom stereocenters. The number of halogens is 2. The molecule has 4 N–H and O–H groups in total. The van der Waals surface area contributed by atoms with Gasteiger partial charge in [-0.3, -0.25) is 0 Å². The van der Waals surface area contributed by atoms with Gasteiger partial charge >= 0.3 is 0 Å². The number of hydrogen-bond acceptors (Lipinski definition) is 5. The van der Waals surface area contributed by atoms with Crippen LogP contribution in [0.15, 0.2) is 30.6 Å². The normalized spacial score (nSPS) is 23.3. The lowest BCUT2D eigenvalue weighted by Crippen LogP contribution is -2.45. The molecule has 0 aliphatic heterocycles. The van der Waals surface area contributed by atoms with Gasteiger partial charge in [0.25, 0.3) is 0 Å². The number of aromatic amines is 1. The van der Waals surface area contributed by atoms with Crippen molar-refractivity contribution < 1.29 is 14.6 Å². The second-order valence-corrected chi connectivity index (χ2v) is 6.96. The van der Waals surface area contributed by atoms with E-state index in [0.29, 0.717) is 29.2 Å². The average Bonchev–Trinajstić information content (AvgIpc) is 3.04. The van der Waals surface area contributed by atoms with Crippen LogP contribution in [0.2, 0.25) is 5.02 Å². The molecule has 6 nitrogen and oxygen atoms in total. The first-order chi connectivity index (χ1) is 12.5. The topological polar surface area (TPSA) is 94.1 Å². The molecule has 0 saturated heterocycles. The van der Waals surface area contributed by atoms with Crippen LogP contribution in [-0.2, 0) is 0 Å². The summed E-state index contributed by atoms with van der Waals surface area (Å²) in [6.45, 7) is 0. The van der Waals surface area contributed by atoms with Crippen molar-refractivity contribution in [1.82, 2.24) is 15.0 Å². The SMILES string of the molecule is O[C@H]1[C@@H](Nc2nc(-c3c[nH]c4ncc(Cl)cc34)ccc2F)CCC[C@@H]1O. The molecule has 1 aliphatic rings. The largest absolute Gasteiger partial charge is 0.390 e. The summed E-state index contributed by atoms with van der Waals surface area (Å²) in [7, 11) is 0. The van der Waals surface area contributed by atoms with Crippen LogP contribution in [0.25, 0.3) is 22.3 Å². The van der Waals surface area contributed by atoms with E-state index in [-0.39, 0.29) is 5.82 Å². The van der Waals surface area contributed by atoms with Gasteiger partial charge in [0, 0.05) is 23.3 Å². The van der Waals surface area contributed by atoms with Gasteiger partial charge < -0.3 is 20.5 Å². The monoisotopic (exact) mass is 376 g/mol. The summed E-state index contributed by atoms with van der Waals surface area (Å²) in [4.78, 5) is 11.6. The molecule has 26 heavy (non-hydrogen) atoms. The standard InChI is InChI=1S/C18H18ClFN4O2/c19-9-6-10-11(8-22-17(10)21-7-9)13-5-4-12(20)18(23-13)24-14-2-1-3-15(25)16(14)26/h4-8,14-16,25-26H,1-3H2,(H,21,22)(H,23,24)/t14-,15-,16-/m0/s1. The zero-order valence-electron chi connectivity index (χ0n) is 13.8. The van der Waals surface area contributed by atoms with E-state index in [4.69, 9.17) is 11.6 Å². The van der Waals surface area contributed by atoms with Gasteiger partial charge in [0.2, 0.25) is 0 Å². The van der Waals surface area contributed by atoms with Crippen molar-refractivity contribution in [2.75, 3.05) is 5.32 Å². The number of aliphatic hydroxyl groups is 2. The number of anilines is 1. The van der Waals surface area contributed by atoms with Crippen LogP contribution in [0, 0.1) is 5.82 Å². The first-order valence-corrected chi connectivity index (χ1v) is 8.83. The van der Waals surface area contributed by atoms with Crippen molar-refractivity contribution in [2.24, 2.45) is 0 Å². The molecular weight excluding hydrogens is 359 g/mol. The molecule has 0 amide bonds. The van der Waals surface area contributed by atoms with Gasteiger partial charge in [0.15, 0.2) is 11.6 Å². The molecule has 0 spiro atoms. The maximum absolute atomic E-state index is 14.3. The van der Waals surface area contributed by atoms with Gasteiger partial charge in [0.05, 0.1) is 29.0 Å². The number of aliphatic hydroxyl groups excluding tert-OH is 2. The molecule has 1 saturated carbocycles. The summed E-state index contributed by atoms with van der Waals surface area (Å²) in [5.41, 5.74) is 1.97. The molecule has 1 fully saturated rings. The van der Waals surface area contributed by atoms with E-state index in [1.54, 1.807) is 24.5 Å². The number of pyridine rings is 2. The molecule has 1 aliphatic carbocycles. The van der Waals surface area contributed by atoms with Crippen LogP contribution in [0.5, 0.6) is 0 Å². The number of aromatic nitrogens is 3. The van der Waals surface area contributed by atoms with Gasteiger partial charge in [-0.2, -0.15) is 0 Å². The van der Waals surface area contributed by atoms with E-state index >= 15 is 0 Å². The minimum Gasteiger partial charge on any atom is -0.390 e. The first-order valence-electron chi connectivity index (χ1n) is 8.45. The van der Waals surface area contributed by atoms with Crippen LogP contribution in [0.3, 0.4) is 0 Å². The summed E-state index contributed by atoms with van der Waals surface area (Å²) in [6.07, 6.45) is 3.46. The zero-order valence-corrected chi connectivity index (χ0v) is 14.5. The zero-order chi connectivity index (χ0) is 18.3. The molecular formula is C18H18ClFN4O2. The highest BCUT2D eigenvalue weighted by atomic mass is 35.5. The second kappa shape index (κ2) is 6.83. The van der Waals surface area contributed by atoms with E-state index in [9.17, 15) is 14.6 Å². The Balaban J connectivity index is 1.68. The predicted molar refractivity (Wildman–Crippen MR) is 97.6 cm³/mol. The van der Waals surface area contributed by atoms with E-state index in [2.05, 4.69) is 20.3 Å². The van der Waals surface area contributed by atoms with Crippen LogP contribution in [0.4, 0.5) is 10.2 Å². The smallest absolute Gasteiger partial charge is 0.165 e. The molecule has 3 aromatic rings. The van der Waals surface area contributed by atoms with Crippen LogP contribution in [0.1, 0.15) is 19.3 Å². The predicted octanol–water partition coefficient (Wildman–Crippen LogP) is 3.10. The Bertz CT molecular complexity index is 948. The van der Waals surface area contributed by atoms with Crippen LogP contribution >= 0.6 is 11.6 Å². The summed E-state index contributed by atoms with van der Waals surface area (Å²) in [5, 5.41) is 24.2. The minimum atomic E-state index is -0.954. The molecule has 0 radical (unpaired) electrons. The molecule has 0 bridgehead atoms. The van der Waals surface area contributed by atoms with E-state index in [1.165, 1.54) is 6.07 Å². The number of nitrogens with one attached hydrogen (secondary N) is 2. The van der Waals surface area contributed by atoms with E-state index in [0.717, 1.165) is 17.4 Å². The van der Waals surface area contributed by atoms with Crippen molar-refractivity contribution in [3.8, 4) is 11.3 Å². The summed E-state index contributed by atoms with van der Waals surface area (Å²) >= 11 is 6.03. The summed E-state index contributed by atoms with van der Waals surface area (Å²) < 4.78 is 14.3. The van der Waals surface area contributed by atoms with Gasteiger partial charge in [-0.05, 0) is 37.5 Å². The van der Waals surface area contributed by atoms with Crippen molar-refractivity contribution in [1.29, 1.82) is 0 Å². The van der Waals surface area contributed by atoms with Crippen molar-refractivity contribution >= 4 is 28.5 Å². The molecule has 4 rings (SSSR count). The third-order valence-corrected chi connectivity index (χ3v) is 4.97. The number of fused-ring (bicyclic) bond motifs is 1. The Morgan fingerprint density at radius 2 is 2.12 bits per heavy atom. The van der Waals surface area contributed by atoms with Crippen molar-refractivity contribution in [2.45, 2.75) is 37.5 Å². The molecule has 8 heteroatoms. The molecule has 136 valence electrons. The molecule has 0 aromatic carbocycles. The molecule has 3 heterocycles. The van der Waals surface area contributed by atoms with E-state index < -0.39 is 24.1 Å². The molecule has 0 unspecified atom stereocenters. The second-order valence-electron chi connectivity index (χ2n) is 6.52. The van der Waals surface area contributed by atoms with Crippen LogP contribution in [-0.4, -0.2) is 43.4 Å². The lowest BCUT2D eigenvalue weighted by atomic mass is 9.90. The highest BCUT2D eigenvalue weighted by Crippen LogP contribution is 2.30. The highest BCUT2D eigenvalue weighted by Gasteiger charge is 2.31. The summed E-state index contributed by atoms with van der Waals surface area (Å²) in [5.74, 6) is -0.470. The Morgan fingerprint density at radius 1 is 1.27 bits per heavy atom. The van der Waals surface area contributed by atoms with Crippen molar-refractivity contribution in [3.63, 3.8) is 0 Å². The Kier molecular flexibility index (Phi) is 4.52. The lowest BCUT2D eigenvalue weighted by Gasteiger charge is -2.32. The van der Waals surface area contributed by atoms with Gasteiger partial charge in [-0.15, -0.1) is 0 Å². The number of rotatable bonds is 3. The van der Waals surface area contributed by atoms with Gasteiger partial charge in [0.1, 0.15) is 5.65 Å². The van der Waals surface area contributed by atoms with Gasteiger partial charge in [-0.25, -0.2) is 14.4 Å². The van der Waals surface area contributed by atoms with Gasteiger partial charge in [-0.1, -0.05) is 11.6 Å². The summed E-state index contributed by atoms with van der Waals surface area (Å²) in [6, 6.07) is 4.23. The average molecular weight is 377 g/mol. The van der Waals surface area contributed by atoms with E-state index in [1.807, 2.05) is 0 Å². The third kappa shape index (κ3) is 3.13. The van der Waals surface area contributed by atoms with Crippen LogP contribution < -0.4 is 5.32 Å². The quantitative estimate of drug-likeness (QED) is 0.563. The van der Waals surface area contributed by atoms with Crippen molar-refractivity contribution in [3.05, 3.63) is 41.4 Å². The Labute approximate surface area is 154 Å². The maximum atomic E-state index is 14.3. The fourth-order valence-electron chi connectivity index (χ4n) is 3.37. The third-order valence-electron chi connectivity index (χ3n) is 4.76. The number of H-pyrrole nitrogens is 1. The Morgan fingerprint density at radius 3 is 2.96 bits per heavy atom.